The van der Waals surface area contributed by atoms with Gasteiger partial charge < -0.3 is 20.7 Å². The molecule has 1 fully saturated rings. The number of ether oxygens (including phenoxy) is 1. The van der Waals surface area contributed by atoms with Gasteiger partial charge in [-0.3, -0.25) is 10.1 Å². The second kappa shape index (κ2) is 8.07. The molecule has 9 heteroatoms. The summed E-state index contributed by atoms with van der Waals surface area (Å²) in [5.74, 6) is 1.56. The Hall–Kier alpha value is -3.10. The Kier molecular flexibility index (Phi) is 5.58. The number of nitrogens with one attached hydrogen (secondary N) is 1. The smallest absolute Gasteiger partial charge is 0.353 e. The largest absolute Gasteiger partial charge is 0.494 e. The lowest BCUT2D eigenvalue weighted by atomic mass is 10.0. The van der Waals surface area contributed by atoms with Crippen molar-refractivity contribution >= 4 is 29.0 Å². The van der Waals surface area contributed by atoms with Crippen LogP contribution in [0.15, 0.2) is 24.3 Å². The number of nitrogens with zero attached hydrogens (tertiary/aromatic N) is 4. The average molecular weight is 372 g/mol. The lowest BCUT2D eigenvalue weighted by Crippen LogP contribution is -2.35. The van der Waals surface area contributed by atoms with Crippen LogP contribution >= 0.6 is 0 Å². The molecule has 2 heterocycles. The van der Waals surface area contributed by atoms with Crippen LogP contribution in [-0.2, 0) is 0 Å². The number of nitrogen functional groups attached to an aromatic ring is 1. The Morgan fingerprint density at radius 3 is 2.74 bits per heavy atom. The van der Waals surface area contributed by atoms with Crippen molar-refractivity contribution in [2.75, 3.05) is 35.6 Å². The van der Waals surface area contributed by atoms with Crippen molar-refractivity contribution in [2.45, 2.75) is 26.7 Å². The minimum Gasteiger partial charge on any atom is -0.494 e. The predicted octanol–water partition coefficient (Wildman–Crippen LogP) is 3.35. The normalized spacial score (nSPS) is 16.8. The zero-order chi connectivity index (χ0) is 19.4. The molecule has 1 aliphatic heterocycles. The van der Waals surface area contributed by atoms with E-state index in [9.17, 15) is 10.1 Å². The Morgan fingerprint density at radius 2 is 2.11 bits per heavy atom. The maximum absolute atomic E-state index is 11.5. The average Bonchev–Trinajstić information content (AvgIpc) is 2.63. The molecular formula is C18H24N6O3. The van der Waals surface area contributed by atoms with Crippen molar-refractivity contribution in [3.05, 3.63) is 34.4 Å². The van der Waals surface area contributed by atoms with E-state index in [4.69, 9.17) is 10.5 Å². The molecule has 1 aromatic heterocycles. The Bertz CT molecular complexity index is 811. The van der Waals surface area contributed by atoms with Gasteiger partial charge in [0.25, 0.3) is 0 Å². The van der Waals surface area contributed by atoms with Crippen molar-refractivity contribution in [2.24, 2.45) is 5.92 Å². The van der Waals surface area contributed by atoms with Gasteiger partial charge in [0, 0.05) is 18.8 Å². The van der Waals surface area contributed by atoms with Gasteiger partial charge in [-0.2, -0.15) is 9.97 Å². The first-order chi connectivity index (χ1) is 13.0. The van der Waals surface area contributed by atoms with E-state index in [1.807, 2.05) is 36.1 Å². The molecule has 0 amide bonds. The minimum atomic E-state index is -0.509. The molecule has 3 rings (SSSR count). The highest BCUT2D eigenvalue weighted by Crippen LogP contribution is 2.35. The lowest BCUT2D eigenvalue weighted by molar-refractivity contribution is -0.383. The third kappa shape index (κ3) is 4.36. The van der Waals surface area contributed by atoms with E-state index in [0.717, 1.165) is 24.3 Å². The Morgan fingerprint density at radius 1 is 1.37 bits per heavy atom. The fourth-order valence-electron chi connectivity index (χ4n) is 3.22. The highest BCUT2D eigenvalue weighted by molar-refractivity contribution is 5.72. The van der Waals surface area contributed by atoms with Gasteiger partial charge in [0.05, 0.1) is 11.5 Å². The zero-order valence-electron chi connectivity index (χ0n) is 15.5. The standard InChI is InChI=1S/C18H24N6O3/c1-3-27-14-8-6-13(7-9-14)20-18-21-16(19)15(24(25)26)17(22-18)23-10-4-5-12(2)11-23/h6-9,12H,3-5,10-11H2,1-2H3,(H3,19,20,21,22). The highest BCUT2D eigenvalue weighted by Gasteiger charge is 2.29. The van der Waals surface area contributed by atoms with Crippen LogP contribution in [0.4, 0.5) is 29.0 Å². The van der Waals surface area contributed by atoms with Crippen molar-refractivity contribution < 1.29 is 9.66 Å². The first-order valence-corrected chi connectivity index (χ1v) is 9.04. The first-order valence-electron chi connectivity index (χ1n) is 9.04. The molecule has 1 aromatic carbocycles. The number of aromatic nitrogens is 2. The fraction of sp³-hybridized carbons (Fsp3) is 0.444. The van der Waals surface area contributed by atoms with Gasteiger partial charge in [-0.1, -0.05) is 6.92 Å². The van der Waals surface area contributed by atoms with Gasteiger partial charge in [0.1, 0.15) is 5.75 Å². The third-order valence-electron chi connectivity index (χ3n) is 4.45. The predicted molar refractivity (Wildman–Crippen MR) is 105 cm³/mol. The molecule has 1 saturated heterocycles. The van der Waals surface area contributed by atoms with Crippen LogP contribution in [0.5, 0.6) is 5.75 Å². The van der Waals surface area contributed by atoms with Gasteiger partial charge in [-0.15, -0.1) is 0 Å². The molecule has 1 unspecified atom stereocenters. The Balaban J connectivity index is 1.90. The summed E-state index contributed by atoms with van der Waals surface area (Å²) in [6.45, 7) is 6.06. The van der Waals surface area contributed by atoms with Crippen LogP contribution in [0, 0.1) is 16.0 Å². The van der Waals surface area contributed by atoms with Crippen LogP contribution in [-0.4, -0.2) is 34.6 Å². The van der Waals surface area contributed by atoms with Crippen LogP contribution in [0.2, 0.25) is 0 Å². The van der Waals surface area contributed by atoms with Gasteiger partial charge in [0.15, 0.2) is 0 Å². The van der Waals surface area contributed by atoms with Crippen LogP contribution < -0.4 is 20.7 Å². The highest BCUT2D eigenvalue weighted by atomic mass is 16.6. The topological polar surface area (TPSA) is 119 Å². The van der Waals surface area contributed by atoms with E-state index in [0.29, 0.717) is 25.6 Å². The second-order valence-electron chi connectivity index (χ2n) is 6.64. The molecule has 0 saturated carbocycles. The molecule has 144 valence electrons. The summed E-state index contributed by atoms with van der Waals surface area (Å²) in [7, 11) is 0. The molecule has 1 atom stereocenters. The molecule has 0 bridgehead atoms. The summed E-state index contributed by atoms with van der Waals surface area (Å²) in [6, 6.07) is 7.31. The lowest BCUT2D eigenvalue weighted by Gasteiger charge is -2.31. The number of piperidine rings is 1. The van der Waals surface area contributed by atoms with Crippen LogP contribution in [0.25, 0.3) is 0 Å². The SMILES string of the molecule is CCOc1ccc(Nc2nc(N)c([N+](=O)[O-])c(N3CCCC(C)C3)n2)cc1. The molecule has 9 nitrogen and oxygen atoms in total. The van der Waals surface area contributed by atoms with E-state index in [1.54, 1.807) is 0 Å². The first kappa shape index (κ1) is 18.7. The molecular weight excluding hydrogens is 348 g/mol. The summed E-state index contributed by atoms with van der Waals surface area (Å²) >= 11 is 0. The number of anilines is 4. The molecule has 0 radical (unpaired) electrons. The number of hydrogen-bond acceptors (Lipinski definition) is 8. The summed E-state index contributed by atoms with van der Waals surface area (Å²) in [4.78, 5) is 21.4. The van der Waals surface area contributed by atoms with Gasteiger partial charge in [-0.25, -0.2) is 0 Å². The fourth-order valence-corrected chi connectivity index (χ4v) is 3.22. The molecule has 27 heavy (non-hydrogen) atoms. The number of nitrogens with two attached hydrogens (primary N) is 1. The van der Waals surface area contributed by atoms with Gasteiger partial charge in [-0.05, 0) is 49.9 Å². The number of rotatable bonds is 6. The summed E-state index contributed by atoms with van der Waals surface area (Å²) < 4.78 is 5.42. The zero-order valence-corrected chi connectivity index (χ0v) is 15.5. The number of benzene rings is 1. The molecule has 3 N–H and O–H groups in total. The summed E-state index contributed by atoms with van der Waals surface area (Å²) in [6.07, 6.45) is 2.06. The maximum atomic E-state index is 11.5. The van der Waals surface area contributed by atoms with Crippen molar-refractivity contribution in [1.82, 2.24) is 9.97 Å². The third-order valence-corrected chi connectivity index (χ3v) is 4.45. The molecule has 0 spiro atoms. The Labute approximate surface area is 157 Å². The number of hydrogen-bond donors (Lipinski definition) is 2. The van der Waals surface area contributed by atoms with E-state index in [-0.39, 0.29) is 23.3 Å². The van der Waals surface area contributed by atoms with Gasteiger partial charge in [0.2, 0.25) is 17.6 Å². The summed E-state index contributed by atoms with van der Waals surface area (Å²) in [5, 5.41) is 14.6. The minimum absolute atomic E-state index is 0.142. The quantitative estimate of drug-likeness (QED) is 0.585. The van der Waals surface area contributed by atoms with Crippen molar-refractivity contribution in [1.29, 1.82) is 0 Å². The van der Waals surface area contributed by atoms with E-state index >= 15 is 0 Å². The number of nitro groups is 1. The van der Waals surface area contributed by atoms with E-state index < -0.39 is 4.92 Å². The van der Waals surface area contributed by atoms with Crippen molar-refractivity contribution in [3.8, 4) is 5.75 Å². The molecule has 0 aliphatic carbocycles. The summed E-state index contributed by atoms with van der Waals surface area (Å²) in [5.41, 5.74) is 6.41. The van der Waals surface area contributed by atoms with Gasteiger partial charge >= 0.3 is 5.69 Å². The maximum Gasteiger partial charge on any atom is 0.353 e. The van der Waals surface area contributed by atoms with Crippen LogP contribution in [0.3, 0.4) is 0 Å². The van der Waals surface area contributed by atoms with Crippen molar-refractivity contribution in [3.63, 3.8) is 0 Å². The van der Waals surface area contributed by atoms with Crippen LogP contribution in [0.1, 0.15) is 26.7 Å². The molecule has 1 aliphatic rings. The molecule has 2 aromatic rings. The van der Waals surface area contributed by atoms with E-state index in [1.165, 1.54) is 0 Å². The monoisotopic (exact) mass is 372 g/mol. The second-order valence-corrected chi connectivity index (χ2v) is 6.64. The van der Waals surface area contributed by atoms with E-state index in [2.05, 4.69) is 22.2 Å².